The van der Waals surface area contributed by atoms with Crippen molar-refractivity contribution in [1.29, 1.82) is 0 Å². The van der Waals surface area contributed by atoms with E-state index in [0.29, 0.717) is 17.2 Å². The van der Waals surface area contributed by atoms with E-state index < -0.39 is 10.3 Å². The predicted molar refractivity (Wildman–Crippen MR) is 75.5 cm³/mol. The van der Waals surface area contributed by atoms with Gasteiger partial charge in [0.25, 0.3) is 5.56 Å². The number of aromatic carboxylic acids is 1. The first kappa shape index (κ1) is 13.4. The normalized spacial score (nSPS) is 20.0. The molecule has 0 unspecified atom stereocenters. The molecule has 0 spiro atoms. The Morgan fingerprint density at radius 2 is 2.00 bits per heavy atom. The molecule has 20 heavy (non-hydrogen) atoms. The number of hydrogen-bond acceptors (Lipinski definition) is 3. The number of carboxylic acid groups (broad SMARTS) is 1. The lowest BCUT2D eigenvalue weighted by molar-refractivity contribution is 0.0690. The van der Waals surface area contributed by atoms with Crippen LogP contribution in [0.4, 0.5) is 0 Å². The van der Waals surface area contributed by atoms with Crippen LogP contribution in [0, 0.1) is 5.92 Å². The minimum Gasteiger partial charge on any atom is -0.476 e. The molecular formula is C13H10Cl2N2O3. The number of halogens is 2. The monoisotopic (exact) mass is 312 g/mol. The lowest BCUT2D eigenvalue weighted by Gasteiger charge is -2.08. The molecule has 104 valence electrons. The average Bonchev–Trinajstić information content (AvgIpc) is 3.00. The molecule has 1 N–H and O–H groups in total. The molecule has 7 heteroatoms. The molecule has 0 amide bonds. The standard InChI is InChI=1S/C13H10Cl2N2O3/c14-13(15)5-7(13)6-17-11(18)9-4-2-1-3-8(9)10(16-17)12(19)20/h1-4,7H,5-6H2,(H,19,20)/t7-/m1/s1. The quantitative estimate of drug-likeness (QED) is 0.883. The molecule has 2 aromatic rings. The highest BCUT2D eigenvalue weighted by molar-refractivity contribution is 6.50. The molecule has 1 atom stereocenters. The van der Waals surface area contributed by atoms with Crippen LogP contribution in [0.2, 0.25) is 0 Å². The summed E-state index contributed by atoms with van der Waals surface area (Å²) in [6.45, 7) is 0.219. The van der Waals surface area contributed by atoms with Crippen LogP contribution in [0.15, 0.2) is 29.1 Å². The van der Waals surface area contributed by atoms with Gasteiger partial charge in [-0.05, 0) is 12.5 Å². The van der Waals surface area contributed by atoms with Crippen molar-refractivity contribution in [1.82, 2.24) is 9.78 Å². The second-order valence-electron chi connectivity index (χ2n) is 4.85. The molecular weight excluding hydrogens is 303 g/mol. The molecule has 1 aliphatic rings. The van der Waals surface area contributed by atoms with Crippen LogP contribution in [0.1, 0.15) is 16.9 Å². The van der Waals surface area contributed by atoms with Gasteiger partial charge in [0.15, 0.2) is 5.69 Å². The number of rotatable bonds is 3. The first-order valence-electron chi connectivity index (χ1n) is 6.01. The Morgan fingerprint density at radius 3 is 2.55 bits per heavy atom. The summed E-state index contributed by atoms with van der Waals surface area (Å²) in [7, 11) is 0. The van der Waals surface area contributed by atoms with Crippen LogP contribution in [0.3, 0.4) is 0 Å². The van der Waals surface area contributed by atoms with Crippen molar-refractivity contribution < 1.29 is 9.90 Å². The molecule has 0 saturated heterocycles. The van der Waals surface area contributed by atoms with Crippen molar-refractivity contribution in [2.24, 2.45) is 5.92 Å². The number of carbonyl (C=O) groups is 1. The van der Waals surface area contributed by atoms with Gasteiger partial charge in [-0.25, -0.2) is 9.48 Å². The lowest BCUT2D eigenvalue weighted by atomic mass is 10.1. The average molecular weight is 313 g/mol. The predicted octanol–water partition coefficient (Wildman–Crippen LogP) is 2.29. The number of alkyl halides is 2. The molecule has 1 heterocycles. The largest absolute Gasteiger partial charge is 0.476 e. The first-order valence-corrected chi connectivity index (χ1v) is 6.77. The van der Waals surface area contributed by atoms with Crippen LogP contribution in [-0.2, 0) is 6.54 Å². The van der Waals surface area contributed by atoms with Crippen molar-refractivity contribution in [3.05, 3.63) is 40.3 Å². The molecule has 5 nitrogen and oxygen atoms in total. The van der Waals surface area contributed by atoms with E-state index in [9.17, 15) is 14.7 Å². The third-order valence-corrected chi connectivity index (χ3v) is 4.35. The Kier molecular flexibility index (Phi) is 2.99. The molecule has 1 aromatic heterocycles. The second kappa shape index (κ2) is 4.46. The maximum Gasteiger partial charge on any atom is 0.357 e. The zero-order chi connectivity index (χ0) is 14.5. The van der Waals surface area contributed by atoms with E-state index in [1.807, 2.05) is 0 Å². The molecule has 1 saturated carbocycles. The van der Waals surface area contributed by atoms with Gasteiger partial charge in [-0.2, -0.15) is 5.10 Å². The molecule has 0 bridgehead atoms. The van der Waals surface area contributed by atoms with E-state index in [0.717, 1.165) is 4.68 Å². The van der Waals surface area contributed by atoms with E-state index in [1.165, 1.54) is 0 Å². The molecule has 3 rings (SSSR count). The number of benzene rings is 1. The molecule has 1 aliphatic carbocycles. The van der Waals surface area contributed by atoms with Gasteiger partial charge in [-0.3, -0.25) is 4.79 Å². The highest BCUT2D eigenvalue weighted by Crippen LogP contribution is 2.53. The fourth-order valence-corrected chi connectivity index (χ4v) is 2.70. The molecule has 0 aliphatic heterocycles. The van der Waals surface area contributed by atoms with Crippen molar-refractivity contribution in [2.75, 3.05) is 0 Å². The highest BCUT2D eigenvalue weighted by Gasteiger charge is 2.51. The van der Waals surface area contributed by atoms with Gasteiger partial charge in [0.05, 0.1) is 11.9 Å². The zero-order valence-corrected chi connectivity index (χ0v) is 11.7. The summed E-state index contributed by atoms with van der Waals surface area (Å²) in [4.78, 5) is 23.6. The van der Waals surface area contributed by atoms with E-state index in [1.54, 1.807) is 24.3 Å². The van der Waals surface area contributed by atoms with Gasteiger partial charge < -0.3 is 5.11 Å². The summed E-state index contributed by atoms with van der Waals surface area (Å²) in [5, 5.41) is 13.8. The Morgan fingerprint density at radius 1 is 1.40 bits per heavy atom. The summed E-state index contributed by atoms with van der Waals surface area (Å²) in [6, 6.07) is 6.51. The fraction of sp³-hybridized carbons (Fsp3) is 0.308. The van der Waals surface area contributed by atoms with Crippen LogP contribution < -0.4 is 5.56 Å². The van der Waals surface area contributed by atoms with Crippen molar-refractivity contribution >= 4 is 39.9 Å². The summed E-state index contributed by atoms with van der Waals surface area (Å²) in [5.74, 6) is -1.26. The lowest BCUT2D eigenvalue weighted by Crippen LogP contribution is -2.27. The van der Waals surface area contributed by atoms with Crippen LogP contribution in [0.5, 0.6) is 0 Å². The van der Waals surface area contributed by atoms with Gasteiger partial charge >= 0.3 is 5.97 Å². The number of carboxylic acids is 1. The second-order valence-corrected chi connectivity index (χ2v) is 6.39. The summed E-state index contributed by atoms with van der Waals surface area (Å²) in [6.07, 6.45) is 0.569. The van der Waals surface area contributed by atoms with Crippen LogP contribution in [0.25, 0.3) is 10.8 Å². The van der Waals surface area contributed by atoms with E-state index in [4.69, 9.17) is 23.2 Å². The van der Waals surface area contributed by atoms with Crippen molar-refractivity contribution in [3.63, 3.8) is 0 Å². The summed E-state index contributed by atoms with van der Waals surface area (Å²) >= 11 is 11.9. The van der Waals surface area contributed by atoms with Gasteiger partial charge in [-0.1, -0.05) is 18.2 Å². The Labute approximate surface area is 123 Å². The van der Waals surface area contributed by atoms with E-state index >= 15 is 0 Å². The Hall–Kier alpha value is -1.59. The topological polar surface area (TPSA) is 72.2 Å². The highest BCUT2D eigenvalue weighted by atomic mass is 35.5. The zero-order valence-electron chi connectivity index (χ0n) is 10.2. The smallest absolute Gasteiger partial charge is 0.357 e. The van der Waals surface area contributed by atoms with Crippen molar-refractivity contribution in [3.8, 4) is 0 Å². The van der Waals surface area contributed by atoms with Gasteiger partial charge in [-0.15, -0.1) is 23.2 Å². The number of nitrogens with zero attached hydrogens (tertiary/aromatic N) is 2. The maximum atomic E-state index is 12.3. The number of hydrogen-bond donors (Lipinski definition) is 1. The summed E-state index contributed by atoms with van der Waals surface area (Å²) < 4.78 is 0.305. The Bertz CT molecular complexity index is 770. The third-order valence-electron chi connectivity index (χ3n) is 3.42. The number of fused-ring (bicyclic) bond motifs is 1. The van der Waals surface area contributed by atoms with E-state index in [-0.39, 0.29) is 23.7 Å². The number of aromatic nitrogens is 2. The minimum atomic E-state index is -1.17. The van der Waals surface area contributed by atoms with Gasteiger partial charge in [0, 0.05) is 11.3 Å². The van der Waals surface area contributed by atoms with Gasteiger partial charge in [0.1, 0.15) is 4.33 Å². The third kappa shape index (κ3) is 2.17. The molecule has 1 fully saturated rings. The summed E-state index contributed by atoms with van der Waals surface area (Å²) in [5.41, 5.74) is -0.475. The van der Waals surface area contributed by atoms with Crippen LogP contribution in [-0.4, -0.2) is 25.2 Å². The molecule has 1 aromatic carbocycles. The first-order chi connectivity index (χ1) is 9.40. The van der Waals surface area contributed by atoms with Crippen molar-refractivity contribution in [2.45, 2.75) is 17.3 Å². The SMILES string of the molecule is O=C(O)c1nn(C[C@H]2CC2(Cl)Cl)c(=O)c2ccccc12. The molecule has 0 radical (unpaired) electrons. The Balaban J connectivity index is 2.16. The van der Waals surface area contributed by atoms with E-state index in [2.05, 4.69) is 5.10 Å². The van der Waals surface area contributed by atoms with Gasteiger partial charge in [0.2, 0.25) is 0 Å². The fourth-order valence-electron chi connectivity index (χ4n) is 2.19. The minimum absolute atomic E-state index is 0.0844. The maximum absolute atomic E-state index is 12.3. The van der Waals surface area contributed by atoms with Crippen LogP contribution >= 0.6 is 23.2 Å².